The van der Waals surface area contributed by atoms with Gasteiger partial charge in [-0.05, 0) is 24.6 Å². The van der Waals surface area contributed by atoms with Gasteiger partial charge in [-0.1, -0.05) is 19.1 Å². The van der Waals surface area contributed by atoms with Crippen LogP contribution in [-0.2, 0) is 0 Å². The lowest BCUT2D eigenvalue weighted by molar-refractivity contribution is 0.102. The van der Waals surface area contributed by atoms with Gasteiger partial charge in [0.25, 0.3) is 5.91 Å². The summed E-state index contributed by atoms with van der Waals surface area (Å²) in [6, 6.07) is 10.7. The average Bonchev–Trinajstić information content (AvgIpc) is 2.53. The lowest BCUT2D eigenvalue weighted by Crippen LogP contribution is -2.13. The van der Waals surface area contributed by atoms with E-state index in [-0.39, 0.29) is 5.91 Å². The Labute approximate surface area is 123 Å². The lowest BCUT2D eigenvalue weighted by Gasteiger charge is -2.08. The minimum Gasteiger partial charge on any atom is -0.384 e. The summed E-state index contributed by atoms with van der Waals surface area (Å²) in [5.74, 6) is -0.287. The summed E-state index contributed by atoms with van der Waals surface area (Å²) in [5, 5.41) is 14.9. The summed E-state index contributed by atoms with van der Waals surface area (Å²) < 4.78 is 0. The summed E-state index contributed by atoms with van der Waals surface area (Å²) in [6.45, 7) is 2.89. The SMILES string of the molecule is CCCNc1cncc(C(=O)Nc2ccccc2C#N)c1. The molecule has 1 aromatic heterocycles. The number of hydrogen-bond donors (Lipinski definition) is 2. The van der Waals surface area contributed by atoms with Crippen LogP contribution in [0.4, 0.5) is 11.4 Å². The van der Waals surface area contributed by atoms with Crippen LogP contribution in [0.15, 0.2) is 42.7 Å². The summed E-state index contributed by atoms with van der Waals surface area (Å²) in [5.41, 5.74) is 2.18. The van der Waals surface area contributed by atoms with Crippen molar-refractivity contribution in [1.29, 1.82) is 5.26 Å². The number of carbonyl (C=O) groups is 1. The molecule has 0 fully saturated rings. The molecule has 0 aliphatic heterocycles. The molecule has 2 N–H and O–H groups in total. The van der Waals surface area contributed by atoms with Crippen LogP contribution in [0, 0.1) is 11.3 Å². The molecule has 5 nitrogen and oxygen atoms in total. The van der Waals surface area contributed by atoms with E-state index in [1.54, 1.807) is 36.5 Å². The standard InChI is InChI=1S/C16H16N4O/c1-2-7-19-14-8-13(10-18-11-14)16(21)20-15-6-4-3-5-12(15)9-17/h3-6,8,10-11,19H,2,7H2,1H3,(H,20,21). The van der Waals surface area contributed by atoms with E-state index >= 15 is 0 Å². The number of hydrogen-bond acceptors (Lipinski definition) is 4. The summed E-state index contributed by atoms with van der Waals surface area (Å²) in [4.78, 5) is 16.3. The molecule has 106 valence electrons. The Morgan fingerprint density at radius 2 is 2.14 bits per heavy atom. The van der Waals surface area contributed by atoms with Gasteiger partial charge in [-0.2, -0.15) is 5.26 Å². The van der Waals surface area contributed by atoms with Crippen molar-refractivity contribution in [3.05, 3.63) is 53.9 Å². The fraction of sp³-hybridized carbons (Fsp3) is 0.188. The first-order chi connectivity index (χ1) is 10.2. The average molecular weight is 280 g/mol. The highest BCUT2D eigenvalue weighted by atomic mass is 16.1. The second kappa shape index (κ2) is 7.06. The molecule has 0 spiro atoms. The number of nitrogens with one attached hydrogen (secondary N) is 2. The van der Waals surface area contributed by atoms with Crippen LogP contribution in [0.2, 0.25) is 0 Å². The fourth-order valence-corrected chi connectivity index (χ4v) is 1.81. The van der Waals surface area contributed by atoms with Crippen LogP contribution < -0.4 is 10.6 Å². The van der Waals surface area contributed by atoms with Crippen LogP contribution in [0.5, 0.6) is 0 Å². The van der Waals surface area contributed by atoms with E-state index in [1.165, 1.54) is 6.20 Å². The molecule has 0 unspecified atom stereocenters. The van der Waals surface area contributed by atoms with Gasteiger partial charge in [0.05, 0.1) is 22.5 Å². The number of pyridine rings is 1. The first kappa shape index (κ1) is 14.5. The predicted octanol–water partition coefficient (Wildman–Crippen LogP) is 3.03. The number of nitrogens with zero attached hydrogens (tertiary/aromatic N) is 2. The molecule has 0 saturated carbocycles. The van der Waals surface area contributed by atoms with Gasteiger partial charge in [-0.25, -0.2) is 0 Å². The third-order valence-corrected chi connectivity index (χ3v) is 2.88. The molecule has 1 aromatic carbocycles. The van der Waals surface area contributed by atoms with Crippen LogP contribution in [-0.4, -0.2) is 17.4 Å². The maximum atomic E-state index is 12.2. The molecule has 1 amide bonds. The number of para-hydroxylation sites is 1. The van der Waals surface area contributed by atoms with Gasteiger partial charge in [0.15, 0.2) is 0 Å². The number of anilines is 2. The van der Waals surface area contributed by atoms with E-state index in [9.17, 15) is 4.79 Å². The summed E-state index contributed by atoms with van der Waals surface area (Å²) >= 11 is 0. The van der Waals surface area contributed by atoms with E-state index in [0.29, 0.717) is 16.8 Å². The van der Waals surface area contributed by atoms with Crippen LogP contribution in [0.1, 0.15) is 29.3 Å². The number of amides is 1. The van der Waals surface area contributed by atoms with Gasteiger partial charge in [0, 0.05) is 18.9 Å². The zero-order valence-corrected chi connectivity index (χ0v) is 11.8. The number of benzene rings is 1. The highest BCUT2D eigenvalue weighted by molar-refractivity contribution is 6.05. The second-order valence-corrected chi connectivity index (χ2v) is 4.50. The normalized spacial score (nSPS) is 9.71. The number of carbonyl (C=O) groups excluding carboxylic acids is 1. The molecule has 21 heavy (non-hydrogen) atoms. The second-order valence-electron chi connectivity index (χ2n) is 4.50. The van der Waals surface area contributed by atoms with Crippen molar-refractivity contribution >= 4 is 17.3 Å². The smallest absolute Gasteiger partial charge is 0.257 e. The Bertz CT molecular complexity index is 676. The molecule has 0 atom stereocenters. The molecule has 0 aliphatic rings. The van der Waals surface area contributed by atoms with Crippen LogP contribution in [0.25, 0.3) is 0 Å². The highest BCUT2D eigenvalue weighted by Gasteiger charge is 2.09. The molecule has 0 aliphatic carbocycles. The lowest BCUT2D eigenvalue weighted by atomic mass is 10.2. The van der Waals surface area contributed by atoms with E-state index in [0.717, 1.165) is 18.7 Å². The monoisotopic (exact) mass is 280 g/mol. The van der Waals surface area contributed by atoms with Gasteiger partial charge < -0.3 is 10.6 Å². The van der Waals surface area contributed by atoms with E-state index < -0.39 is 0 Å². The quantitative estimate of drug-likeness (QED) is 0.882. The minimum absolute atomic E-state index is 0.287. The van der Waals surface area contributed by atoms with Crippen molar-refractivity contribution in [3.8, 4) is 6.07 Å². The summed E-state index contributed by atoms with van der Waals surface area (Å²) in [6.07, 6.45) is 4.17. The zero-order chi connectivity index (χ0) is 15.1. The number of aromatic nitrogens is 1. The van der Waals surface area contributed by atoms with E-state index in [4.69, 9.17) is 5.26 Å². The Morgan fingerprint density at radius 1 is 1.33 bits per heavy atom. The molecular weight excluding hydrogens is 264 g/mol. The highest BCUT2D eigenvalue weighted by Crippen LogP contribution is 2.16. The minimum atomic E-state index is -0.287. The Balaban J connectivity index is 2.15. The molecular formula is C16H16N4O. The zero-order valence-electron chi connectivity index (χ0n) is 11.8. The van der Waals surface area contributed by atoms with Gasteiger partial charge in [-0.3, -0.25) is 9.78 Å². The third kappa shape index (κ3) is 3.80. The third-order valence-electron chi connectivity index (χ3n) is 2.88. The van der Waals surface area contributed by atoms with Crippen LogP contribution in [0.3, 0.4) is 0 Å². The van der Waals surface area contributed by atoms with Crippen molar-refractivity contribution < 1.29 is 4.79 Å². The molecule has 2 aromatic rings. The van der Waals surface area contributed by atoms with Gasteiger partial charge in [-0.15, -0.1) is 0 Å². The fourth-order valence-electron chi connectivity index (χ4n) is 1.81. The molecule has 0 saturated heterocycles. The van der Waals surface area contributed by atoms with Crippen LogP contribution >= 0.6 is 0 Å². The topological polar surface area (TPSA) is 77.8 Å². The van der Waals surface area contributed by atoms with E-state index in [2.05, 4.69) is 22.5 Å². The van der Waals surface area contributed by atoms with Crippen molar-refractivity contribution in [2.24, 2.45) is 0 Å². The predicted molar refractivity (Wildman–Crippen MR) is 82.1 cm³/mol. The molecule has 5 heteroatoms. The van der Waals surface area contributed by atoms with Gasteiger partial charge >= 0.3 is 0 Å². The molecule has 2 rings (SSSR count). The molecule has 1 heterocycles. The molecule has 0 bridgehead atoms. The van der Waals surface area contributed by atoms with Crippen molar-refractivity contribution in [2.45, 2.75) is 13.3 Å². The van der Waals surface area contributed by atoms with Gasteiger partial charge in [0.1, 0.15) is 6.07 Å². The Kier molecular flexibility index (Phi) is 4.89. The number of rotatable bonds is 5. The van der Waals surface area contributed by atoms with E-state index in [1.807, 2.05) is 6.07 Å². The maximum Gasteiger partial charge on any atom is 0.257 e. The Hall–Kier alpha value is -2.87. The summed E-state index contributed by atoms with van der Waals surface area (Å²) in [7, 11) is 0. The molecule has 0 radical (unpaired) electrons. The van der Waals surface area contributed by atoms with Crippen molar-refractivity contribution in [3.63, 3.8) is 0 Å². The first-order valence-electron chi connectivity index (χ1n) is 6.74. The maximum absolute atomic E-state index is 12.2. The largest absolute Gasteiger partial charge is 0.384 e. The van der Waals surface area contributed by atoms with Crippen molar-refractivity contribution in [1.82, 2.24) is 4.98 Å². The van der Waals surface area contributed by atoms with Gasteiger partial charge in [0.2, 0.25) is 0 Å². The first-order valence-corrected chi connectivity index (χ1v) is 6.74. The Morgan fingerprint density at radius 3 is 2.90 bits per heavy atom. The number of nitriles is 1. The van der Waals surface area contributed by atoms with Crippen molar-refractivity contribution in [2.75, 3.05) is 17.2 Å².